The van der Waals surface area contributed by atoms with Gasteiger partial charge in [0.1, 0.15) is 0 Å². The molecular weight excluding hydrogens is 367 g/mol. The molecule has 0 radical (unpaired) electrons. The highest BCUT2D eigenvalue weighted by atomic mass is 28.5. The normalized spacial score (nSPS) is 15.8. The smallest absolute Gasteiger partial charge is 0.401 e. The van der Waals surface area contributed by atoms with Gasteiger partial charge in [-0.3, -0.25) is 0 Å². The molecule has 0 rings (SSSR count). The number of terminal acetylenes is 1. The minimum atomic E-state index is -2.65. The molecule has 4 nitrogen and oxygen atoms in total. The molecule has 0 aromatic heterocycles. The first-order valence-corrected chi connectivity index (χ1v) is 20.4. The summed E-state index contributed by atoms with van der Waals surface area (Å²) in [6.45, 7) is 18.0. The fraction of sp³-hybridized carbons (Fsp3) is 0.875. The van der Waals surface area contributed by atoms with Gasteiger partial charge in [-0.25, -0.2) is 0 Å². The Morgan fingerprint density at radius 3 is 1.79 bits per heavy atom. The molecule has 8 heteroatoms. The van der Waals surface area contributed by atoms with E-state index in [1.165, 1.54) is 12.8 Å². The van der Waals surface area contributed by atoms with Gasteiger partial charge < -0.3 is 18.1 Å². The molecule has 0 aromatic rings. The standard InChI is InChI=1S/C16H39NO3Si4/c1-10-12-15-22(5,6)19-24(9,11-2)20-23(7,8)18-21(3,4)16-13-14-17/h2H,10,12-17H2,1,3-9H3. The van der Waals surface area contributed by atoms with E-state index >= 15 is 0 Å². The van der Waals surface area contributed by atoms with Gasteiger partial charge in [0.15, 0.2) is 16.6 Å². The molecule has 0 fully saturated rings. The Bertz CT molecular complexity index is 424. The van der Waals surface area contributed by atoms with Crippen molar-refractivity contribution in [1.29, 1.82) is 0 Å². The van der Waals surface area contributed by atoms with E-state index in [-0.39, 0.29) is 0 Å². The van der Waals surface area contributed by atoms with E-state index in [1.54, 1.807) is 0 Å². The van der Waals surface area contributed by atoms with Gasteiger partial charge in [-0.1, -0.05) is 25.3 Å². The average molecular weight is 406 g/mol. The van der Waals surface area contributed by atoms with Crippen LogP contribution < -0.4 is 5.73 Å². The predicted octanol–water partition coefficient (Wildman–Crippen LogP) is 4.54. The third-order valence-electron chi connectivity index (χ3n) is 3.81. The first-order chi connectivity index (χ1) is 10.8. The summed E-state index contributed by atoms with van der Waals surface area (Å²) in [5, 5.41) is 0. The van der Waals surface area contributed by atoms with Crippen LogP contribution in [0.5, 0.6) is 0 Å². The van der Waals surface area contributed by atoms with Crippen molar-refractivity contribution in [2.24, 2.45) is 5.73 Å². The van der Waals surface area contributed by atoms with Crippen molar-refractivity contribution in [3.63, 3.8) is 0 Å². The lowest BCUT2D eigenvalue weighted by Gasteiger charge is -2.40. The third kappa shape index (κ3) is 10.3. The SMILES string of the molecule is C#C[Si](C)(O[Si](C)(C)CCCC)O[Si](C)(C)O[Si](C)(C)CCCN. The Morgan fingerprint density at radius 1 is 0.833 bits per heavy atom. The van der Waals surface area contributed by atoms with E-state index in [0.29, 0.717) is 6.54 Å². The first kappa shape index (κ1) is 24.3. The molecule has 0 aliphatic rings. The summed E-state index contributed by atoms with van der Waals surface area (Å²) in [6.07, 6.45) is 9.21. The van der Waals surface area contributed by atoms with Crippen molar-refractivity contribution in [3.8, 4) is 12.0 Å². The van der Waals surface area contributed by atoms with Crippen LogP contribution in [0.15, 0.2) is 0 Å². The maximum absolute atomic E-state index is 6.50. The Hall–Kier alpha value is 0.268. The lowest BCUT2D eigenvalue weighted by Crippen LogP contribution is -2.57. The zero-order chi connectivity index (χ0) is 19.1. The zero-order valence-corrected chi connectivity index (χ0v) is 21.1. The van der Waals surface area contributed by atoms with E-state index in [2.05, 4.69) is 51.7 Å². The van der Waals surface area contributed by atoms with Crippen LogP contribution in [0.3, 0.4) is 0 Å². The molecule has 0 saturated heterocycles. The Kier molecular flexibility index (Phi) is 9.93. The summed E-state index contributed by atoms with van der Waals surface area (Å²) in [4.78, 5) is 0. The highest BCUT2D eigenvalue weighted by molar-refractivity contribution is 6.92. The van der Waals surface area contributed by atoms with E-state index in [4.69, 9.17) is 24.5 Å². The predicted molar refractivity (Wildman–Crippen MR) is 114 cm³/mol. The third-order valence-corrected chi connectivity index (χ3v) is 18.9. The molecule has 0 aliphatic carbocycles. The maximum Gasteiger partial charge on any atom is 0.401 e. The van der Waals surface area contributed by atoms with Crippen molar-refractivity contribution in [2.45, 2.75) is 84.1 Å². The van der Waals surface area contributed by atoms with Crippen LogP contribution in [0.25, 0.3) is 0 Å². The fourth-order valence-electron chi connectivity index (χ4n) is 2.99. The highest BCUT2D eigenvalue weighted by Crippen LogP contribution is 2.27. The number of hydrogen-bond acceptors (Lipinski definition) is 4. The van der Waals surface area contributed by atoms with Crippen molar-refractivity contribution < 1.29 is 12.3 Å². The fourth-order valence-corrected chi connectivity index (χ4v) is 20.9. The van der Waals surface area contributed by atoms with Gasteiger partial charge in [0.25, 0.3) is 0 Å². The van der Waals surface area contributed by atoms with E-state index in [0.717, 1.165) is 18.5 Å². The lowest BCUT2D eigenvalue weighted by molar-refractivity contribution is 0.334. The monoisotopic (exact) mass is 405 g/mol. The van der Waals surface area contributed by atoms with Crippen molar-refractivity contribution in [3.05, 3.63) is 0 Å². The minimum absolute atomic E-state index is 0.708. The second-order valence-corrected chi connectivity index (χ2v) is 23.8. The lowest BCUT2D eigenvalue weighted by atomic mass is 10.4. The van der Waals surface area contributed by atoms with Gasteiger partial charge in [-0.15, -0.1) is 6.42 Å². The molecule has 0 amide bonds. The van der Waals surface area contributed by atoms with Gasteiger partial charge in [0.2, 0.25) is 0 Å². The second kappa shape index (κ2) is 9.82. The Labute approximate surface area is 154 Å². The average Bonchev–Trinajstić information content (AvgIpc) is 2.40. The first-order valence-electron chi connectivity index (χ1n) is 9.09. The summed E-state index contributed by atoms with van der Waals surface area (Å²) < 4.78 is 19.4. The van der Waals surface area contributed by atoms with Gasteiger partial charge >= 0.3 is 17.1 Å². The van der Waals surface area contributed by atoms with Crippen LogP contribution in [0.4, 0.5) is 0 Å². The van der Waals surface area contributed by atoms with Crippen LogP contribution >= 0.6 is 0 Å². The molecule has 0 heterocycles. The van der Waals surface area contributed by atoms with Gasteiger partial charge in [-0.2, -0.15) is 0 Å². The number of hydrogen-bond donors (Lipinski definition) is 1. The Morgan fingerprint density at radius 2 is 1.33 bits per heavy atom. The largest absolute Gasteiger partial charge is 0.436 e. The number of unbranched alkanes of at least 4 members (excludes halogenated alkanes) is 1. The van der Waals surface area contributed by atoms with E-state index < -0.39 is 33.8 Å². The molecule has 142 valence electrons. The van der Waals surface area contributed by atoms with E-state index in [9.17, 15) is 0 Å². The van der Waals surface area contributed by atoms with Crippen LogP contribution in [0.1, 0.15) is 26.2 Å². The van der Waals surface area contributed by atoms with Gasteiger partial charge in [0.05, 0.1) is 0 Å². The summed E-state index contributed by atoms with van der Waals surface area (Å²) in [7, 11) is -8.58. The summed E-state index contributed by atoms with van der Waals surface area (Å²) >= 11 is 0. The molecule has 0 aliphatic heterocycles. The summed E-state index contributed by atoms with van der Waals surface area (Å²) in [6, 6.07) is 2.17. The number of nitrogens with two attached hydrogens (primary N) is 1. The van der Waals surface area contributed by atoms with Crippen LogP contribution in [-0.2, 0) is 12.3 Å². The summed E-state index contributed by atoms with van der Waals surface area (Å²) in [5.41, 5.74) is 8.52. The Balaban J connectivity index is 4.97. The number of rotatable bonds is 12. The van der Waals surface area contributed by atoms with Gasteiger partial charge in [-0.05, 0) is 70.9 Å². The van der Waals surface area contributed by atoms with Gasteiger partial charge in [0, 0.05) is 0 Å². The topological polar surface area (TPSA) is 53.7 Å². The molecule has 2 N–H and O–H groups in total. The minimum Gasteiger partial charge on any atom is -0.436 e. The summed E-state index contributed by atoms with van der Waals surface area (Å²) in [5.74, 6) is 0. The van der Waals surface area contributed by atoms with Crippen molar-refractivity contribution >= 4 is 33.8 Å². The quantitative estimate of drug-likeness (QED) is 0.382. The molecule has 0 saturated carbocycles. The molecule has 1 atom stereocenters. The second-order valence-electron chi connectivity index (χ2n) is 8.31. The molecule has 0 aromatic carbocycles. The molecule has 1 unspecified atom stereocenters. The molecule has 0 spiro atoms. The zero-order valence-electron chi connectivity index (χ0n) is 17.1. The van der Waals surface area contributed by atoms with Crippen molar-refractivity contribution in [2.75, 3.05) is 6.54 Å². The highest BCUT2D eigenvalue weighted by Gasteiger charge is 2.45. The maximum atomic E-state index is 6.50. The van der Waals surface area contributed by atoms with E-state index in [1.807, 2.05) is 6.55 Å². The molecule has 0 bridgehead atoms. The molecule has 24 heavy (non-hydrogen) atoms. The van der Waals surface area contributed by atoms with Crippen molar-refractivity contribution in [1.82, 2.24) is 0 Å². The van der Waals surface area contributed by atoms with Crippen LogP contribution in [0, 0.1) is 12.0 Å². The van der Waals surface area contributed by atoms with Crippen LogP contribution in [-0.4, -0.2) is 40.3 Å². The molecular formula is C16H39NO3Si4. The van der Waals surface area contributed by atoms with Crippen LogP contribution in [0.2, 0.25) is 57.9 Å².